The van der Waals surface area contributed by atoms with Crippen LogP contribution in [0.4, 0.5) is 5.82 Å². The number of nitrogens with zero attached hydrogens (tertiary/aromatic N) is 2. The summed E-state index contributed by atoms with van der Waals surface area (Å²) in [6.07, 6.45) is 12.7. The Bertz CT molecular complexity index is 702. The summed E-state index contributed by atoms with van der Waals surface area (Å²) < 4.78 is 12.6. The van der Waals surface area contributed by atoms with Gasteiger partial charge in [0.15, 0.2) is 0 Å². The second-order valence-corrected chi connectivity index (χ2v) is 10.3. The molecule has 1 aromatic rings. The molecule has 2 N–H and O–H groups in total. The highest BCUT2D eigenvalue weighted by Crippen LogP contribution is 2.31. The van der Waals surface area contributed by atoms with E-state index in [2.05, 4.69) is 11.9 Å². The van der Waals surface area contributed by atoms with E-state index in [1.54, 1.807) is 12.3 Å². The third kappa shape index (κ3) is 10.8. The first-order valence-corrected chi connectivity index (χ1v) is 13.7. The zero-order chi connectivity index (χ0) is 22.3. The number of rotatable bonds is 16. The molecule has 1 aliphatic heterocycles. The molecular formula is C22H37N3O4S2. The Hall–Kier alpha value is -1.19. The third-order valence-corrected chi connectivity index (χ3v) is 7.23. The van der Waals surface area contributed by atoms with E-state index >= 15 is 0 Å². The van der Waals surface area contributed by atoms with Gasteiger partial charge in [0.1, 0.15) is 24.1 Å². The van der Waals surface area contributed by atoms with Crippen LogP contribution in [0.2, 0.25) is 0 Å². The molecule has 2 heterocycles. The molecule has 176 valence electrons. The van der Waals surface area contributed by atoms with Crippen LogP contribution in [-0.2, 0) is 14.3 Å². The first kappa shape index (κ1) is 26.1. The maximum Gasteiger partial charge on any atom is 0.351 e. The van der Waals surface area contributed by atoms with E-state index in [0.29, 0.717) is 12.2 Å². The molecule has 0 saturated carbocycles. The van der Waals surface area contributed by atoms with Crippen molar-refractivity contribution in [2.45, 2.75) is 82.8 Å². The number of thioether (sulfide) groups is 2. The summed E-state index contributed by atoms with van der Waals surface area (Å²) >= 11 is 3.56. The molecule has 1 saturated heterocycles. The fraction of sp³-hybridized carbons (Fsp3) is 0.773. The van der Waals surface area contributed by atoms with Gasteiger partial charge in [0.25, 0.3) is 0 Å². The summed E-state index contributed by atoms with van der Waals surface area (Å²) in [6.45, 7) is 2.42. The molecule has 0 aromatic carbocycles. The van der Waals surface area contributed by atoms with Crippen LogP contribution in [0.25, 0.3) is 0 Å². The molecular weight excluding hydrogens is 434 g/mol. The monoisotopic (exact) mass is 471 g/mol. The predicted molar refractivity (Wildman–Crippen MR) is 129 cm³/mol. The molecule has 0 bridgehead atoms. The van der Waals surface area contributed by atoms with Gasteiger partial charge in [-0.2, -0.15) is 16.7 Å². The minimum Gasteiger partial charge on any atom is -0.462 e. The first-order chi connectivity index (χ1) is 15.1. The fourth-order valence-corrected chi connectivity index (χ4v) is 5.10. The highest BCUT2D eigenvalue weighted by Gasteiger charge is 2.29. The Labute approximate surface area is 194 Å². The largest absolute Gasteiger partial charge is 0.462 e. The summed E-state index contributed by atoms with van der Waals surface area (Å²) in [7, 11) is 0. The number of hydrogen-bond donors (Lipinski definition) is 1. The molecule has 7 nitrogen and oxygen atoms in total. The van der Waals surface area contributed by atoms with Crippen LogP contribution in [-0.4, -0.2) is 44.8 Å². The van der Waals surface area contributed by atoms with E-state index in [0.717, 1.165) is 12.8 Å². The molecule has 0 spiro atoms. The number of aromatic nitrogens is 2. The lowest BCUT2D eigenvalue weighted by molar-refractivity contribution is -0.147. The Morgan fingerprint density at radius 2 is 1.90 bits per heavy atom. The topological polar surface area (TPSA) is 96.4 Å². The van der Waals surface area contributed by atoms with Crippen LogP contribution >= 0.6 is 23.5 Å². The van der Waals surface area contributed by atoms with Crippen molar-refractivity contribution in [1.82, 2.24) is 9.55 Å². The van der Waals surface area contributed by atoms with Crippen molar-refractivity contribution in [3.05, 3.63) is 22.7 Å². The molecule has 1 fully saturated rings. The maximum atomic E-state index is 12.0. The van der Waals surface area contributed by atoms with Gasteiger partial charge in [0, 0.05) is 18.4 Å². The van der Waals surface area contributed by atoms with E-state index < -0.39 is 11.9 Å². The van der Waals surface area contributed by atoms with Crippen LogP contribution in [0, 0.1) is 0 Å². The number of carbonyl (C=O) groups is 1. The minimum absolute atomic E-state index is 0.177. The van der Waals surface area contributed by atoms with Crippen molar-refractivity contribution < 1.29 is 14.3 Å². The second kappa shape index (κ2) is 15.6. The number of carbonyl (C=O) groups excluding carboxylic acids is 1. The molecule has 0 amide bonds. The average Bonchev–Trinajstić information content (AvgIpc) is 3.21. The van der Waals surface area contributed by atoms with E-state index in [1.807, 2.05) is 11.8 Å². The number of hydrogen-bond acceptors (Lipinski definition) is 8. The second-order valence-electron chi connectivity index (χ2n) is 7.71. The Kier molecular flexibility index (Phi) is 13.1. The lowest BCUT2D eigenvalue weighted by Crippen LogP contribution is -2.29. The van der Waals surface area contributed by atoms with Crippen molar-refractivity contribution in [3.8, 4) is 0 Å². The van der Waals surface area contributed by atoms with Gasteiger partial charge in [-0.05, 0) is 30.4 Å². The molecule has 1 aromatic heterocycles. The summed E-state index contributed by atoms with van der Waals surface area (Å²) in [4.78, 5) is 27.6. The van der Waals surface area contributed by atoms with Crippen LogP contribution in [0.1, 0.15) is 77.4 Å². The number of nitrogens with two attached hydrogens (primary N) is 1. The highest BCUT2D eigenvalue weighted by atomic mass is 32.2. The van der Waals surface area contributed by atoms with Crippen molar-refractivity contribution in [2.24, 2.45) is 0 Å². The van der Waals surface area contributed by atoms with Gasteiger partial charge in [0.2, 0.25) is 0 Å². The smallest absolute Gasteiger partial charge is 0.351 e. The van der Waals surface area contributed by atoms with Crippen LogP contribution in [0.15, 0.2) is 17.1 Å². The summed E-state index contributed by atoms with van der Waals surface area (Å²) in [5, 5.41) is 0. The summed E-state index contributed by atoms with van der Waals surface area (Å²) in [6, 6.07) is 1.57. The lowest BCUT2D eigenvalue weighted by Gasteiger charge is -2.14. The van der Waals surface area contributed by atoms with Crippen LogP contribution < -0.4 is 11.4 Å². The average molecular weight is 472 g/mol. The fourth-order valence-electron chi connectivity index (χ4n) is 3.41. The molecule has 0 radical (unpaired) electrons. The van der Waals surface area contributed by atoms with E-state index in [4.69, 9.17) is 15.2 Å². The number of esters is 1. The van der Waals surface area contributed by atoms with Crippen molar-refractivity contribution in [1.29, 1.82) is 0 Å². The quantitative estimate of drug-likeness (QED) is 0.276. The van der Waals surface area contributed by atoms with Gasteiger partial charge < -0.3 is 15.2 Å². The number of ether oxygens (including phenoxy) is 2. The van der Waals surface area contributed by atoms with Crippen molar-refractivity contribution in [2.75, 3.05) is 29.6 Å². The summed E-state index contributed by atoms with van der Waals surface area (Å²) in [5.74, 6) is 3.15. The van der Waals surface area contributed by atoms with E-state index in [1.165, 1.54) is 72.8 Å². The van der Waals surface area contributed by atoms with Gasteiger partial charge >= 0.3 is 11.7 Å². The Morgan fingerprint density at radius 1 is 1.23 bits per heavy atom. The van der Waals surface area contributed by atoms with Crippen LogP contribution in [0.5, 0.6) is 0 Å². The zero-order valence-corrected chi connectivity index (χ0v) is 20.3. The molecule has 0 unspecified atom stereocenters. The molecule has 2 rings (SSSR count). The third-order valence-electron chi connectivity index (χ3n) is 5.15. The minimum atomic E-state index is -0.436. The molecule has 31 heavy (non-hydrogen) atoms. The van der Waals surface area contributed by atoms with Crippen molar-refractivity contribution in [3.63, 3.8) is 0 Å². The highest BCUT2D eigenvalue weighted by molar-refractivity contribution is 8.00. The lowest BCUT2D eigenvalue weighted by atomic mass is 10.1. The maximum absolute atomic E-state index is 12.0. The number of nitrogen functional groups attached to an aromatic ring is 1. The van der Waals surface area contributed by atoms with E-state index in [9.17, 15) is 9.59 Å². The number of unbranched alkanes of at least 4 members (excludes halogenated alkanes) is 8. The van der Waals surface area contributed by atoms with Gasteiger partial charge in [-0.15, -0.1) is 11.8 Å². The SMILES string of the molecule is CCSCCCCCCCCCCCC(=O)OC[C@@H]1O[C@H](n2ccc(N)nc2=O)CS1. The van der Waals surface area contributed by atoms with Crippen LogP contribution in [0.3, 0.4) is 0 Å². The van der Waals surface area contributed by atoms with Crippen molar-refractivity contribution >= 4 is 35.3 Å². The normalized spacial score (nSPS) is 18.4. The first-order valence-electron chi connectivity index (χ1n) is 11.4. The summed E-state index contributed by atoms with van der Waals surface area (Å²) in [5.41, 5.74) is 4.81. The molecule has 2 atom stereocenters. The van der Waals surface area contributed by atoms with Gasteiger partial charge in [0.05, 0.1) is 0 Å². The Morgan fingerprint density at radius 3 is 2.58 bits per heavy atom. The molecule has 9 heteroatoms. The number of anilines is 1. The van der Waals surface area contributed by atoms with Gasteiger partial charge in [-0.1, -0.05) is 51.9 Å². The standard InChI is InChI=1S/C22H37N3O4S2/c1-2-30-15-11-9-7-5-3-4-6-8-10-12-20(26)28-16-21-29-19(17-31-21)25-14-13-18(23)24-22(25)27/h13-14,19,21H,2-12,15-17H2,1H3,(H2,23,24,27)/t19-,21+/m0/s1. The molecule has 1 aliphatic rings. The van der Waals surface area contributed by atoms with Gasteiger partial charge in [-0.3, -0.25) is 9.36 Å². The predicted octanol–water partition coefficient (Wildman–Crippen LogP) is 4.61. The Balaban J connectivity index is 1.45. The molecule has 0 aliphatic carbocycles. The zero-order valence-electron chi connectivity index (χ0n) is 18.6. The van der Waals surface area contributed by atoms with E-state index in [-0.39, 0.29) is 23.8 Å². The van der Waals surface area contributed by atoms with Gasteiger partial charge in [-0.25, -0.2) is 4.79 Å².